The average molecular weight is 964 g/mol. The molecule has 1 aliphatic carbocycles. The van der Waals surface area contributed by atoms with E-state index in [9.17, 15) is 48.6 Å². The number of para-hydroxylation sites is 1. The van der Waals surface area contributed by atoms with Crippen molar-refractivity contribution in [2.24, 2.45) is 17.8 Å². The predicted molar refractivity (Wildman–Crippen MR) is 264 cm³/mol. The summed E-state index contributed by atoms with van der Waals surface area (Å²) in [5.41, 5.74) is 2.93. The number of carbonyl (C=O) groups excluding carboxylic acids is 6. The van der Waals surface area contributed by atoms with Crippen molar-refractivity contribution in [3.8, 4) is 0 Å². The number of carboxylic acid groups (broad SMARTS) is 2. The molecule has 6 amide bonds. The number of aromatic nitrogens is 1. The van der Waals surface area contributed by atoms with Crippen molar-refractivity contribution in [2.75, 3.05) is 0 Å². The zero-order valence-corrected chi connectivity index (χ0v) is 40.7. The first-order chi connectivity index (χ1) is 33.4. The Labute approximate surface area is 409 Å². The van der Waals surface area contributed by atoms with E-state index < -0.39 is 102 Å². The quantitative estimate of drug-likeness (QED) is 0.0425. The molecule has 5 rings (SSSR count). The van der Waals surface area contributed by atoms with Gasteiger partial charge in [-0.1, -0.05) is 145 Å². The molecule has 1 aliphatic rings. The Morgan fingerprint density at radius 3 is 1.71 bits per heavy atom. The molecule has 70 heavy (non-hydrogen) atoms. The van der Waals surface area contributed by atoms with Crippen molar-refractivity contribution in [3.63, 3.8) is 0 Å². The summed E-state index contributed by atoms with van der Waals surface area (Å²) in [5, 5.41) is 37.2. The second-order valence-corrected chi connectivity index (χ2v) is 19.0. The minimum atomic E-state index is -1.71. The van der Waals surface area contributed by atoms with Crippen LogP contribution in [0.25, 0.3) is 10.9 Å². The normalized spacial score (nSPS) is 15.9. The number of H-pyrrole nitrogens is 1. The molecule has 0 saturated heterocycles. The van der Waals surface area contributed by atoms with Crippen LogP contribution >= 0.6 is 0 Å². The summed E-state index contributed by atoms with van der Waals surface area (Å²) in [5.74, 6) is -8.51. The third kappa shape index (κ3) is 15.5. The number of carbonyl (C=O) groups is 8. The molecule has 17 heteroatoms. The molecular formula is C53H69N7O10. The summed E-state index contributed by atoms with van der Waals surface area (Å²) in [4.78, 5) is 112. The summed E-state index contributed by atoms with van der Waals surface area (Å²) < 4.78 is 0. The van der Waals surface area contributed by atoms with Crippen molar-refractivity contribution < 1.29 is 48.6 Å². The minimum Gasteiger partial charge on any atom is -0.481 e. The lowest BCUT2D eigenvalue weighted by Crippen LogP contribution is -2.61. The van der Waals surface area contributed by atoms with Crippen molar-refractivity contribution in [1.82, 2.24) is 36.9 Å². The number of rotatable bonds is 25. The van der Waals surface area contributed by atoms with E-state index in [4.69, 9.17) is 0 Å². The SMILES string of the molecule is CC[C@H](C)[C@H](NC(=O)[C@H](CC1CCCCC1)NC(=O)[C@H](CC(=O)O)NC(=O)[C@H](CC(C)C)NC(=O)[C@@H](NC(C)=O)C(c1ccccc1)c1ccccc1)C(=O)N[C@@H](Cc1c[nH]c2ccccc12)C(=O)O. The van der Waals surface area contributed by atoms with Gasteiger partial charge in [0.15, 0.2) is 0 Å². The summed E-state index contributed by atoms with van der Waals surface area (Å²) >= 11 is 0. The van der Waals surface area contributed by atoms with E-state index in [1.807, 2.05) is 106 Å². The molecule has 1 heterocycles. The maximum absolute atomic E-state index is 14.4. The average Bonchev–Trinajstić information content (AvgIpc) is 3.74. The molecule has 0 aliphatic heterocycles. The van der Waals surface area contributed by atoms with Crippen molar-refractivity contribution in [3.05, 3.63) is 108 Å². The third-order valence-corrected chi connectivity index (χ3v) is 13.1. The highest BCUT2D eigenvalue weighted by Crippen LogP contribution is 2.30. The van der Waals surface area contributed by atoms with Crippen LogP contribution in [0.3, 0.4) is 0 Å². The van der Waals surface area contributed by atoms with Crippen molar-refractivity contribution >= 4 is 58.3 Å². The summed E-state index contributed by atoms with van der Waals surface area (Å²) in [6.45, 7) is 8.48. The number of hydrogen-bond donors (Lipinski definition) is 9. The Morgan fingerprint density at radius 1 is 0.614 bits per heavy atom. The van der Waals surface area contributed by atoms with E-state index in [2.05, 4.69) is 36.9 Å². The maximum atomic E-state index is 14.4. The first kappa shape index (κ1) is 53.9. The summed E-state index contributed by atoms with van der Waals surface area (Å²) in [7, 11) is 0. The molecule has 17 nitrogen and oxygen atoms in total. The van der Waals surface area contributed by atoms with E-state index in [1.165, 1.54) is 6.92 Å². The second kappa shape index (κ2) is 26.1. The molecule has 7 atom stereocenters. The van der Waals surface area contributed by atoms with Gasteiger partial charge in [0.05, 0.1) is 6.42 Å². The van der Waals surface area contributed by atoms with E-state index in [1.54, 1.807) is 13.1 Å². The Hall–Kier alpha value is -7.04. The molecule has 3 aromatic carbocycles. The van der Waals surface area contributed by atoms with Crippen LogP contribution in [-0.4, -0.2) is 98.8 Å². The second-order valence-electron chi connectivity index (χ2n) is 19.0. The topological polar surface area (TPSA) is 265 Å². The molecule has 1 fully saturated rings. The fourth-order valence-corrected chi connectivity index (χ4v) is 9.24. The smallest absolute Gasteiger partial charge is 0.326 e. The van der Waals surface area contributed by atoms with Gasteiger partial charge in [-0.2, -0.15) is 0 Å². The number of amides is 6. The van der Waals surface area contributed by atoms with Crippen LogP contribution in [0.15, 0.2) is 91.1 Å². The van der Waals surface area contributed by atoms with Crippen LogP contribution in [0.2, 0.25) is 0 Å². The Kier molecular flexibility index (Phi) is 20.1. The zero-order valence-electron chi connectivity index (χ0n) is 40.7. The van der Waals surface area contributed by atoms with Crippen molar-refractivity contribution in [1.29, 1.82) is 0 Å². The molecule has 0 spiro atoms. The van der Waals surface area contributed by atoms with Gasteiger partial charge in [0.1, 0.15) is 36.3 Å². The minimum absolute atomic E-state index is 0.00135. The van der Waals surface area contributed by atoms with Crippen LogP contribution in [0, 0.1) is 17.8 Å². The monoisotopic (exact) mass is 964 g/mol. The van der Waals surface area contributed by atoms with E-state index in [-0.39, 0.29) is 31.1 Å². The van der Waals surface area contributed by atoms with Crippen LogP contribution in [0.1, 0.15) is 115 Å². The first-order valence-electron chi connectivity index (χ1n) is 24.3. The summed E-state index contributed by atoms with van der Waals surface area (Å²) in [6.07, 6.45) is 5.77. The molecule has 4 aromatic rings. The number of aliphatic carboxylic acids is 2. The van der Waals surface area contributed by atoms with Crippen LogP contribution in [0.5, 0.6) is 0 Å². The lowest BCUT2D eigenvalue weighted by Gasteiger charge is -2.31. The lowest BCUT2D eigenvalue weighted by atomic mass is 9.84. The third-order valence-electron chi connectivity index (χ3n) is 13.1. The number of benzene rings is 3. The van der Waals surface area contributed by atoms with Gasteiger partial charge in [0.2, 0.25) is 35.4 Å². The van der Waals surface area contributed by atoms with Gasteiger partial charge in [0, 0.05) is 36.4 Å². The number of aromatic amines is 1. The predicted octanol–water partition coefficient (Wildman–Crippen LogP) is 5.09. The van der Waals surface area contributed by atoms with Crippen LogP contribution < -0.4 is 31.9 Å². The standard InChI is InChI=1S/C53H69N7O10/c1-6-32(4)46(51(67)59-43(53(69)70)28-37-30-54-39-25-17-16-24-38(37)39)60-50(66)41(27-34-18-10-7-11-19-34)56-49(65)42(29-44(62)63)57-48(64)40(26-31(2)3)58-52(68)47(55-33(5)61)45(35-20-12-8-13-21-35)36-22-14-9-15-23-36/h8-9,12-17,20-25,30-32,34,40-43,45-47,54H,6-7,10-11,18-19,26-29H2,1-5H3,(H,55,61)(H,56,65)(H,57,64)(H,58,68)(H,59,67)(H,60,66)(H,62,63)(H,69,70)/t32-,40-,41-,42-,43-,46-,47-/m0/s1. The molecule has 1 saturated carbocycles. The summed E-state index contributed by atoms with van der Waals surface area (Å²) in [6, 6.07) is 17.6. The zero-order chi connectivity index (χ0) is 50.9. The number of carboxylic acids is 2. The largest absolute Gasteiger partial charge is 0.481 e. The van der Waals surface area contributed by atoms with Crippen LogP contribution in [-0.2, 0) is 44.8 Å². The van der Waals surface area contributed by atoms with E-state index >= 15 is 0 Å². The van der Waals surface area contributed by atoms with Crippen molar-refractivity contribution in [2.45, 2.75) is 141 Å². The lowest BCUT2D eigenvalue weighted by molar-refractivity contribution is -0.142. The molecule has 9 N–H and O–H groups in total. The first-order valence-corrected chi connectivity index (χ1v) is 24.3. The van der Waals surface area contributed by atoms with E-state index in [0.29, 0.717) is 12.0 Å². The highest BCUT2D eigenvalue weighted by molar-refractivity contribution is 5.98. The molecule has 0 unspecified atom stereocenters. The molecule has 376 valence electrons. The highest BCUT2D eigenvalue weighted by atomic mass is 16.4. The fraction of sp³-hybridized carbons (Fsp3) is 0.472. The molecule has 0 radical (unpaired) electrons. The van der Waals surface area contributed by atoms with Crippen LogP contribution in [0.4, 0.5) is 0 Å². The maximum Gasteiger partial charge on any atom is 0.326 e. The molecule has 0 bridgehead atoms. The highest BCUT2D eigenvalue weighted by Gasteiger charge is 2.38. The van der Waals surface area contributed by atoms with E-state index in [0.717, 1.165) is 54.1 Å². The van der Waals surface area contributed by atoms with Gasteiger partial charge < -0.3 is 47.1 Å². The van der Waals surface area contributed by atoms with Gasteiger partial charge in [0.25, 0.3) is 0 Å². The number of nitrogens with one attached hydrogen (secondary N) is 7. The molecule has 1 aromatic heterocycles. The Balaban J connectivity index is 1.37. The van der Waals surface area contributed by atoms with Gasteiger partial charge in [-0.25, -0.2) is 4.79 Å². The fourth-order valence-electron chi connectivity index (χ4n) is 9.24. The number of fused-ring (bicyclic) bond motifs is 1. The Bertz CT molecular complexity index is 2380. The van der Waals surface area contributed by atoms with Gasteiger partial charge in [-0.05, 0) is 53.4 Å². The Morgan fingerprint density at radius 2 is 1.14 bits per heavy atom. The molecular weight excluding hydrogens is 895 g/mol. The van der Waals surface area contributed by atoms with Gasteiger partial charge in [-0.15, -0.1) is 0 Å². The van der Waals surface area contributed by atoms with Gasteiger partial charge >= 0.3 is 11.9 Å². The number of hydrogen-bond acceptors (Lipinski definition) is 8. The van der Waals surface area contributed by atoms with Gasteiger partial charge in [-0.3, -0.25) is 33.6 Å².